The minimum Gasteiger partial charge on any atom is -0.392 e. The Morgan fingerprint density at radius 3 is 2.68 bits per heavy atom. The fourth-order valence-electron chi connectivity index (χ4n) is 1.67. The van der Waals surface area contributed by atoms with Crippen molar-refractivity contribution in [2.24, 2.45) is 5.16 Å². The first-order chi connectivity index (χ1) is 10.7. The predicted molar refractivity (Wildman–Crippen MR) is 73.7 cm³/mol. The molecule has 0 saturated heterocycles. The summed E-state index contributed by atoms with van der Waals surface area (Å²) in [6.45, 7) is -0.461. The first kappa shape index (κ1) is 15.5. The van der Waals surface area contributed by atoms with Crippen molar-refractivity contribution in [3.63, 3.8) is 0 Å². The molecule has 0 fully saturated rings. The molecule has 0 atom stereocenters. The molecule has 2 rings (SSSR count). The van der Waals surface area contributed by atoms with Gasteiger partial charge in [0.15, 0.2) is 11.6 Å². The van der Waals surface area contributed by atoms with Crippen LogP contribution in [0.15, 0.2) is 41.7 Å². The Bertz CT molecular complexity index is 725. The molecule has 2 aromatic rings. The molecule has 0 saturated carbocycles. The molecular formula is C15H11F2N3O2. The van der Waals surface area contributed by atoms with E-state index in [2.05, 4.69) is 10.1 Å². The van der Waals surface area contributed by atoms with Gasteiger partial charge in [-0.1, -0.05) is 11.2 Å². The van der Waals surface area contributed by atoms with Crippen molar-refractivity contribution in [1.82, 2.24) is 4.98 Å². The summed E-state index contributed by atoms with van der Waals surface area (Å²) in [5, 5.41) is 21.2. The quantitative estimate of drug-likeness (QED) is 0.521. The number of pyridine rings is 1. The second-order valence-electron chi connectivity index (χ2n) is 4.21. The zero-order valence-electron chi connectivity index (χ0n) is 11.3. The lowest BCUT2D eigenvalue weighted by Gasteiger charge is -2.07. The maximum absolute atomic E-state index is 13.4. The molecule has 0 bridgehead atoms. The number of hydrogen-bond donors (Lipinski definition) is 1. The van der Waals surface area contributed by atoms with E-state index in [1.165, 1.54) is 12.3 Å². The molecule has 0 aliphatic carbocycles. The van der Waals surface area contributed by atoms with Crippen molar-refractivity contribution in [2.75, 3.05) is 6.61 Å². The van der Waals surface area contributed by atoms with Gasteiger partial charge < -0.3 is 9.94 Å². The number of rotatable bonds is 5. The smallest absolute Gasteiger partial charge is 0.202 e. The summed E-state index contributed by atoms with van der Waals surface area (Å²) >= 11 is 0. The lowest BCUT2D eigenvalue weighted by atomic mass is 10.1. The van der Waals surface area contributed by atoms with Crippen LogP contribution in [-0.4, -0.2) is 22.4 Å². The molecule has 1 aromatic heterocycles. The van der Waals surface area contributed by atoms with E-state index in [1.807, 2.05) is 0 Å². The molecule has 0 spiro atoms. The minimum atomic E-state index is -1.03. The van der Waals surface area contributed by atoms with Crippen molar-refractivity contribution in [3.05, 3.63) is 65.0 Å². The van der Waals surface area contributed by atoms with E-state index >= 15 is 0 Å². The number of nitrogens with zero attached hydrogens (tertiary/aromatic N) is 3. The van der Waals surface area contributed by atoms with Crippen molar-refractivity contribution in [1.29, 1.82) is 5.26 Å². The van der Waals surface area contributed by atoms with E-state index in [4.69, 9.17) is 15.2 Å². The van der Waals surface area contributed by atoms with Gasteiger partial charge in [-0.25, -0.2) is 8.78 Å². The SMILES string of the molecule is N#CCO/N=C(/c1ccc(F)c(F)c1)c1ccc(CO)cn1. The van der Waals surface area contributed by atoms with Crippen LogP contribution in [0.3, 0.4) is 0 Å². The summed E-state index contributed by atoms with van der Waals surface area (Å²) in [6, 6.07) is 8.17. The predicted octanol–water partition coefficient (Wildman–Crippen LogP) is 2.14. The second-order valence-corrected chi connectivity index (χ2v) is 4.21. The fourth-order valence-corrected chi connectivity index (χ4v) is 1.67. The Morgan fingerprint density at radius 1 is 1.27 bits per heavy atom. The fraction of sp³-hybridized carbons (Fsp3) is 0.133. The topological polar surface area (TPSA) is 78.5 Å². The molecule has 112 valence electrons. The Hall–Kier alpha value is -2.85. The van der Waals surface area contributed by atoms with Gasteiger partial charge in [-0.15, -0.1) is 0 Å². The molecule has 22 heavy (non-hydrogen) atoms. The van der Waals surface area contributed by atoms with Gasteiger partial charge in [-0.3, -0.25) is 4.98 Å². The number of oxime groups is 1. The third-order valence-corrected chi connectivity index (χ3v) is 2.73. The third-order valence-electron chi connectivity index (χ3n) is 2.73. The Kier molecular flexibility index (Phi) is 5.11. The Labute approximate surface area is 125 Å². The zero-order valence-corrected chi connectivity index (χ0v) is 11.3. The number of halogens is 2. The minimum absolute atomic E-state index is 0.152. The Balaban J connectivity index is 2.43. The van der Waals surface area contributed by atoms with Gasteiger partial charge in [-0.05, 0) is 29.8 Å². The van der Waals surface area contributed by atoms with E-state index in [1.54, 1.807) is 18.2 Å². The average molecular weight is 303 g/mol. The highest BCUT2D eigenvalue weighted by atomic mass is 19.2. The Morgan fingerprint density at radius 2 is 2.09 bits per heavy atom. The van der Waals surface area contributed by atoms with E-state index in [0.717, 1.165) is 12.1 Å². The highest BCUT2D eigenvalue weighted by molar-refractivity contribution is 6.11. The van der Waals surface area contributed by atoms with Crippen LogP contribution in [0.5, 0.6) is 0 Å². The van der Waals surface area contributed by atoms with Crippen molar-refractivity contribution in [3.8, 4) is 6.07 Å². The van der Waals surface area contributed by atoms with Crippen LogP contribution in [0.2, 0.25) is 0 Å². The van der Waals surface area contributed by atoms with E-state index in [0.29, 0.717) is 11.3 Å². The molecule has 0 aliphatic rings. The number of aliphatic hydroxyl groups is 1. The summed E-state index contributed by atoms with van der Waals surface area (Å²) < 4.78 is 26.4. The lowest BCUT2D eigenvalue weighted by molar-refractivity contribution is 0.179. The van der Waals surface area contributed by atoms with Crippen LogP contribution in [-0.2, 0) is 11.4 Å². The molecule has 1 N–H and O–H groups in total. The average Bonchev–Trinajstić information content (AvgIpc) is 2.55. The van der Waals surface area contributed by atoms with Crippen molar-refractivity contribution < 1.29 is 18.7 Å². The molecule has 0 amide bonds. The number of nitriles is 1. The summed E-state index contributed by atoms with van der Waals surface area (Å²) in [6.07, 6.45) is 1.43. The maximum Gasteiger partial charge on any atom is 0.202 e. The van der Waals surface area contributed by atoms with Gasteiger partial charge in [0.25, 0.3) is 0 Å². The van der Waals surface area contributed by atoms with Crippen molar-refractivity contribution in [2.45, 2.75) is 6.61 Å². The van der Waals surface area contributed by atoms with Gasteiger partial charge in [0.2, 0.25) is 6.61 Å². The maximum atomic E-state index is 13.4. The standard InChI is InChI=1S/C15H11F2N3O2/c16-12-3-2-11(7-13(12)17)15(20-22-6-5-18)14-4-1-10(9-21)8-19-14/h1-4,7-8,21H,6,9H2/b20-15-. The number of benzene rings is 1. The van der Waals surface area contributed by atoms with Crippen LogP contribution >= 0.6 is 0 Å². The van der Waals surface area contributed by atoms with Crippen molar-refractivity contribution >= 4 is 5.71 Å². The van der Waals surface area contributed by atoms with Gasteiger partial charge in [0, 0.05) is 11.8 Å². The van der Waals surface area contributed by atoms with Crippen LogP contribution in [0.4, 0.5) is 8.78 Å². The van der Waals surface area contributed by atoms with E-state index < -0.39 is 11.6 Å². The highest BCUT2D eigenvalue weighted by Crippen LogP contribution is 2.14. The van der Waals surface area contributed by atoms with Crippen LogP contribution in [0.1, 0.15) is 16.8 Å². The molecular weight excluding hydrogens is 292 g/mol. The molecule has 5 nitrogen and oxygen atoms in total. The van der Waals surface area contributed by atoms with Gasteiger partial charge in [-0.2, -0.15) is 5.26 Å². The normalized spacial score (nSPS) is 11.1. The monoisotopic (exact) mass is 303 g/mol. The lowest BCUT2D eigenvalue weighted by Crippen LogP contribution is -2.08. The summed E-state index contributed by atoms with van der Waals surface area (Å²) in [4.78, 5) is 8.89. The summed E-state index contributed by atoms with van der Waals surface area (Å²) in [5.74, 6) is -2.01. The number of hydrogen-bond acceptors (Lipinski definition) is 5. The third kappa shape index (κ3) is 3.62. The first-order valence-electron chi connectivity index (χ1n) is 6.24. The highest BCUT2D eigenvalue weighted by Gasteiger charge is 2.13. The van der Waals surface area contributed by atoms with Crippen LogP contribution in [0, 0.1) is 23.0 Å². The van der Waals surface area contributed by atoms with E-state index in [-0.39, 0.29) is 24.5 Å². The zero-order chi connectivity index (χ0) is 15.9. The first-order valence-corrected chi connectivity index (χ1v) is 6.24. The van der Waals surface area contributed by atoms with Gasteiger partial charge >= 0.3 is 0 Å². The van der Waals surface area contributed by atoms with Gasteiger partial charge in [0.05, 0.1) is 12.3 Å². The molecule has 7 heteroatoms. The van der Waals surface area contributed by atoms with Crippen LogP contribution < -0.4 is 0 Å². The molecule has 0 radical (unpaired) electrons. The number of aliphatic hydroxyl groups excluding tert-OH is 1. The molecule has 1 heterocycles. The largest absolute Gasteiger partial charge is 0.392 e. The summed E-state index contributed by atoms with van der Waals surface area (Å²) in [5.41, 5.74) is 1.33. The number of aromatic nitrogens is 1. The van der Waals surface area contributed by atoms with Crippen LogP contribution in [0.25, 0.3) is 0 Å². The summed E-state index contributed by atoms with van der Waals surface area (Å²) in [7, 11) is 0. The second kappa shape index (κ2) is 7.24. The van der Waals surface area contributed by atoms with Gasteiger partial charge in [0.1, 0.15) is 11.8 Å². The van der Waals surface area contributed by atoms with E-state index in [9.17, 15) is 8.78 Å². The molecule has 1 aromatic carbocycles. The molecule has 0 unspecified atom stereocenters. The molecule has 0 aliphatic heterocycles.